The van der Waals surface area contributed by atoms with Crippen molar-refractivity contribution in [3.05, 3.63) is 65.7 Å². The molecule has 1 atom stereocenters. The van der Waals surface area contributed by atoms with Crippen LogP contribution in [0.4, 0.5) is 4.39 Å². The van der Waals surface area contributed by atoms with Crippen LogP contribution in [0.1, 0.15) is 35.3 Å². The molecule has 1 aromatic heterocycles. The molecule has 1 unspecified atom stereocenters. The van der Waals surface area contributed by atoms with Crippen molar-refractivity contribution < 1.29 is 9.18 Å². The van der Waals surface area contributed by atoms with Crippen LogP contribution in [0.3, 0.4) is 0 Å². The minimum absolute atomic E-state index is 0.0534. The lowest BCUT2D eigenvalue weighted by molar-refractivity contribution is 0.0758. The molecule has 2 aromatic rings. The van der Waals surface area contributed by atoms with Gasteiger partial charge in [-0.2, -0.15) is 0 Å². The molecule has 0 spiro atoms. The van der Waals surface area contributed by atoms with Gasteiger partial charge in [0.05, 0.1) is 0 Å². The molecule has 1 fully saturated rings. The summed E-state index contributed by atoms with van der Waals surface area (Å²) in [6.07, 6.45) is 4.20. The summed E-state index contributed by atoms with van der Waals surface area (Å²) in [6.45, 7) is 5.20. The van der Waals surface area contributed by atoms with E-state index in [9.17, 15) is 9.18 Å². The predicted octanol–water partition coefficient (Wildman–Crippen LogP) is 3.13. The van der Waals surface area contributed by atoms with Crippen LogP contribution in [0.5, 0.6) is 0 Å². The SMILES string of the molecule is CC(c1cccc(F)c1)N1CCCN(C(=O)c2ccncc2)CC1. The molecule has 3 rings (SSSR count). The Morgan fingerprint density at radius 1 is 1.12 bits per heavy atom. The van der Waals surface area contributed by atoms with Crippen molar-refractivity contribution in [1.82, 2.24) is 14.8 Å². The maximum absolute atomic E-state index is 13.5. The topological polar surface area (TPSA) is 36.4 Å². The van der Waals surface area contributed by atoms with Gasteiger partial charge < -0.3 is 4.90 Å². The lowest BCUT2D eigenvalue weighted by Gasteiger charge is -2.28. The van der Waals surface area contributed by atoms with Crippen LogP contribution < -0.4 is 0 Å². The van der Waals surface area contributed by atoms with E-state index in [0.717, 1.165) is 31.6 Å². The highest BCUT2D eigenvalue weighted by atomic mass is 19.1. The van der Waals surface area contributed by atoms with Crippen molar-refractivity contribution in [3.8, 4) is 0 Å². The predicted molar refractivity (Wildman–Crippen MR) is 91.1 cm³/mol. The van der Waals surface area contributed by atoms with Crippen LogP contribution in [0, 0.1) is 5.82 Å². The zero-order valence-corrected chi connectivity index (χ0v) is 13.9. The number of carbonyl (C=O) groups excluding carboxylic acids is 1. The Kier molecular flexibility index (Phi) is 5.20. The summed E-state index contributed by atoms with van der Waals surface area (Å²) in [5, 5.41) is 0. The van der Waals surface area contributed by atoms with Crippen molar-refractivity contribution in [2.24, 2.45) is 0 Å². The van der Waals surface area contributed by atoms with E-state index in [1.54, 1.807) is 36.7 Å². The van der Waals surface area contributed by atoms with E-state index in [0.29, 0.717) is 12.1 Å². The van der Waals surface area contributed by atoms with E-state index in [2.05, 4.69) is 16.8 Å². The standard InChI is InChI=1S/C19H22FN3O/c1-15(17-4-2-5-18(20)14-17)22-10-3-11-23(13-12-22)19(24)16-6-8-21-9-7-16/h2,4-9,14-15H,3,10-13H2,1H3. The molecule has 1 saturated heterocycles. The van der Waals surface area contributed by atoms with Crippen molar-refractivity contribution in [2.45, 2.75) is 19.4 Å². The third-order valence-corrected chi connectivity index (χ3v) is 4.62. The molecule has 24 heavy (non-hydrogen) atoms. The number of benzene rings is 1. The number of hydrogen-bond donors (Lipinski definition) is 0. The first kappa shape index (κ1) is 16.6. The quantitative estimate of drug-likeness (QED) is 0.869. The summed E-state index contributed by atoms with van der Waals surface area (Å²) in [5.74, 6) is -0.152. The summed E-state index contributed by atoms with van der Waals surface area (Å²) in [7, 11) is 0. The van der Waals surface area contributed by atoms with Gasteiger partial charge in [0, 0.05) is 50.2 Å². The van der Waals surface area contributed by atoms with E-state index in [4.69, 9.17) is 0 Å². The van der Waals surface area contributed by atoms with Crippen LogP contribution in [0.25, 0.3) is 0 Å². The van der Waals surface area contributed by atoms with Crippen molar-refractivity contribution in [1.29, 1.82) is 0 Å². The second-order valence-corrected chi connectivity index (χ2v) is 6.15. The van der Waals surface area contributed by atoms with Gasteiger partial charge in [0.1, 0.15) is 5.82 Å². The summed E-state index contributed by atoms with van der Waals surface area (Å²) in [6, 6.07) is 10.4. The lowest BCUT2D eigenvalue weighted by Crippen LogP contribution is -2.36. The first-order valence-corrected chi connectivity index (χ1v) is 8.34. The highest BCUT2D eigenvalue weighted by Gasteiger charge is 2.23. The third kappa shape index (κ3) is 3.79. The Hall–Kier alpha value is -2.27. The van der Waals surface area contributed by atoms with Crippen LogP contribution in [-0.2, 0) is 0 Å². The first-order valence-electron chi connectivity index (χ1n) is 8.34. The fraction of sp³-hybridized carbons (Fsp3) is 0.368. The number of pyridine rings is 1. The molecule has 0 bridgehead atoms. The van der Waals surface area contributed by atoms with Gasteiger partial charge in [-0.1, -0.05) is 12.1 Å². The van der Waals surface area contributed by atoms with E-state index in [1.807, 2.05) is 11.0 Å². The minimum atomic E-state index is -0.205. The molecular formula is C19H22FN3O. The molecule has 0 saturated carbocycles. The molecular weight excluding hydrogens is 305 g/mol. The number of aromatic nitrogens is 1. The number of nitrogens with zero attached hydrogens (tertiary/aromatic N) is 3. The van der Waals surface area contributed by atoms with E-state index in [1.165, 1.54) is 6.07 Å². The smallest absolute Gasteiger partial charge is 0.254 e. The van der Waals surface area contributed by atoms with Crippen LogP contribution in [-0.4, -0.2) is 46.9 Å². The van der Waals surface area contributed by atoms with E-state index >= 15 is 0 Å². The summed E-state index contributed by atoms with van der Waals surface area (Å²) < 4.78 is 13.5. The van der Waals surface area contributed by atoms with Gasteiger partial charge in [-0.15, -0.1) is 0 Å². The molecule has 4 nitrogen and oxygen atoms in total. The van der Waals surface area contributed by atoms with Gasteiger partial charge in [0.15, 0.2) is 0 Å². The Morgan fingerprint density at radius 3 is 2.67 bits per heavy atom. The average molecular weight is 327 g/mol. The number of carbonyl (C=O) groups is 1. The zero-order valence-electron chi connectivity index (χ0n) is 13.9. The monoisotopic (exact) mass is 327 g/mol. The Balaban J connectivity index is 1.66. The van der Waals surface area contributed by atoms with Crippen LogP contribution in [0.2, 0.25) is 0 Å². The summed E-state index contributed by atoms with van der Waals surface area (Å²) in [5.41, 5.74) is 1.65. The molecule has 5 heteroatoms. The fourth-order valence-corrected chi connectivity index (χ4v) is 3.18. The lowest BCUT2D eigenvalue weighted by atomic mass is 10.1. The highest BCUT2D eigenvalue weighted by molar-refractivity contribution is 5.94. The van der Waals surface area contributed by atoms with Gasteiger partial charge in [-0.05, 0) is 43.2 Å². The van der Waals surface area contributed by atoms with Crippen molar-refractivity contribution >= 4 is 5.91 Å². The number of halogens is 1. The molecule has 0 radical (unpaired) electrons. The Morgan fingerprint density at radius 2 is 1.92 bits per heavy atom. The molecule has 2 heterocycles. The normalized spacial score (nSPS) is 17.3. The largest absolute Gasteiger partial charge is 0.337 e. The summed E-state index contributed by atoms with van der Waals surface area (Å²) >= 11 is 0. The third-order valence-electron chi connectivity index (χ3n) is 4.62. The van der Waals surface area contributed by atoms with Gasteiger partial charge >= 0.3 is 0 Å². The summed E-state index contributed by atoms with van der Waals surface area (Å²) in [4.78, 5) is 20.7. The molecule has 1 amide bonds. The zero-order chi connectivity index (χ0) is 16.9. The van der Waals surface area contributed by atoms with E-state index < -0.39 is 0 Å². The molecule has 0 N–H and O–H groups in total. The van der Waals surface area contributed by atoms with Gasteiger partial charge in [-0.25, -0.2) is 4.39 Å². The minimum Gasteiger partial charge on any atom is -0.337 e. The number of hydrogen-bond acceptors (Lipinski definition) is 3. The second-order valence-electron chi connectivity index (χ2n) is 6.15. The number of rotatable bonds is 3. The molecule has 126 valence electrons. The van der Waals surface area contributed by atoms with Crippen molar-refractivity contribution in [2.75, 3.05) is 26.2 Å². The van der Waals surface area contributed by atoms with E-state index in [-0.39, 0.29) is 17.8 Å². The Bertz CT molecular complexity index is 692. The Labute approximate surface area is 141 Å². The van der Waals surface area contributed by atoms with Gasteiger partial charge in [-0.3, -0.25) is 14.7 Å². The van der Waals surface area contributed by atoms with Crippen LogP contribution >= 0.6 is 0 Å². The van der Waals surface area contributed by atoms with Gasteiger partial charge in [0.25, 0.3) is 5.91 Å². The molecule has 1 aromatic carbocycles. The molecule has 0 aliphatic carbocycles. The van der Waals surface area contributed by atoms with Gasteiger partial charge in [0.2, 0.25) is 0 Å². The molecule has 1 aliphatic heterocycles. The van der Waals surface area contributed by atoms with Crippen molar-refractivity contribution in [3.63, 3.8) is 0 Å². The number of amides is 1. The maximum atomic E-state index is 13.5. The second kappa shape index (κ2) is 7.53. The van der Waals surface area contributed by atoms with Crippen LogP contribution in [0.15, 0.2) is 48.8 Å². The average Bonchev–Trinajstić information content (AvgIpc) is 2.87. The fourth-order valence-electron chi connectivity index (χ4n) is 3.18. The highest BCUT2D eigenvalue weighted by Crippen LogP contribution is 2.22. The molecule has 1 aliphatic rings. The maximum Gasteiger partial charge on any atom is 0.254 e. The first-order chi connectivity index (χ1) is 11.6.